The van der Waals surface area contributed by atoms with Crippen molar-refractivity contribution >= 4 is 5.82 Å². The van der Waals surface area contributed by atoms with Gasteiger partial charge in [0.25, 0.3) is 0 Å². The first kappa shape index (κ1) is 21.2. The molecule has 0 spiro atoms. The molecule has 0 aliphatic carbocycles. The molecule has 1 aliphatic rings. The minimum Gasteiger partial charge on any atom is -0.497 e. The fourth-order valence-electron chi connectivity index (χ4n) is 4.10. The quantitative estimate of drug-likeness (QED) is 0.571. The van der Waals surface area contributed by atoms with Crippen LogP contribution < -0.4 is 14.4 Å². The third-order valence-electron chi connectivity index (χ3n) is 5.71. The van der Waals surface area contributed by atoms with Gasteiger partial charge in [0.2, 0.25) is 0 Å². The van der Waals surface area contributed by atoms with E-state index in [1.54, 1.807) is 7.11 Å². The van der Waals surface area contributed by atoms with Gasteiger partial charge in [0.05, 0.1) is 19.4 Å². The summed E-state index contributed by atoms with van der Waals surface area (Å²) < 4.78 is 11.1. The highest BCUT2D eigenvalue weighted by atomic mass is 16.5. The molecule has 1 atom stereocenters. The van der Waals surface area contributed by atoms with E-state index < -0.39 is 0 Å². The smallest absolute Gasteiger partial charge is 0.132 e. The average molecular weight is 422 g/mol. The second-order valence-electron chi connectivity index (χ2n) is 8.20. The third kappa shape index (κ3) is 5.35. The molecule has 4 rings (SSSR count). The normalized spacial score (nSPS) is 16.4. The van der Waals surface area contributed by atoms with Crippen molar-refractivity contribution in [3.63, 3.8) is 0 Å². The average Bonchev–Trinajstić information content (AvgIpc) is 3.44. The van der Waals surface area contributed by atoms with Crippen LogP contribution in [0.3, 0.4) is 0 Å². The minimum atomic E-state index is 0.462. The first-order valence-corrected chi connectivity index (χ1v) is 10.8. The second-order valence-corrected chi connectivity index (χ2v) is 8.20. The first-order chi connectivity index (χ1) is 15.1. The molecule has 2 aromatic heterocycles. The van der Waals surface area contributed by atoms with Crippen molar-refractivity contribution < 1.29 is 9.47 Å². The van der Waals surface area contributed by atoms with E-state index in [2.05, 4.69) is 37.1 Å². The van der Waals surface area contributed by atoms with Crippen LogP contribution in [0, 0.1) is 0 Å². The molecule has 7 heteroatoms. The Hall–Kier alpha value is -3.06. The first-order valence-electron chi connectivity index (χ1n) is 10.8. The summed E-state index contributed by atoms with van der Waals surface area (Å²) >= 11 is 0. The Morgan fingerprint density at radius 2 is 2.03 bits per heavy atom. The molecule has 3 heterocycles. The van der Waals surface area contributed by atoms with E-state index in [9.17, 15) is 0 Å². The van der Waals surface area contributed by atoms with E-state index in [4.69, 9.17) is 9.47 Å². The lowest BCUT2D eigenvalue weighted by atomic mass is 10.0. The van der Waals surface area contributed by atoms with Gasteiger partial charge in [-0.05, 0) is 37.2 Å². The summed E-state index contributed by atoms with van der Waals surface area (Å²) in [6, 6.07) is 14.1. The molecule has 1 aliphatic heterocycles. The van der Waals surface area contributed by atoms with Gasteiger partial charge in [-0.2, -0.15) is 5.10 Å². The summed E-state index contributed by atoms with van der Waals surface area (Å²) in [6.07, 6.45) is 3.78. The lowest BCUT2D eigenvalue weighted by Crippen LogP contribution is -2.22. The molecule has 0 bridgehead atoms. The lowest BCUT2D eigenvalue weighted by Gasteiger charge is -2.20. The molecule has 7 nitrogen and oxygen atoms in total. The van der Waals surface area contributed by atoms with Gasteiger partial charge in [0.15, 0.2) is 0 Å². The Morgan fingerprint density at radius 1 is 1.16 bits per heavy atom. The summed E-state index contributed by atoms with van der Waals surface area (Å²) in [7, 11) is 5.75. The number of methoxy groups -OCH3 is 1. The Kier molecular flexibility index (Phi) is 6.72. The predicted molar refractivity (Wildman–Crippen MR) is 122 cm³/mol. The topological polar surface area (TPSA) is 66.5 Å². The number of aromatic amines is 1. The van der Waals surface area contributed by atoms with Crippen molar-refractivity contribution in [3.05, 3.63) is 65.6 Å². The van der Waals surface area contributed by atoms with Crippen LogP contribution in [0.15, 0.2) is 48.7 Å². The highest BCUT2D eigenvalue weighted by Gasteiger charge is 2.26. The zero-order valence-corrected chi connectivity index (χ0v) is 18.5. The largest absolute Gasteiger partial charge is 0.497 e. The second kappa shape index (κ2) is 9.83. The van der Waals surface area contributed by atoms with Gasteiger partial charge >= 0.3 is 0 Å². The highest BCUT2D eigenvalue weighted by Crippen LogP contribution is 2.28. The number of anilines is 1. The number of hydrogen-bond acceptors (Lipinski definition) is 6. The van der Waals surface area contributed by atoms with Gasteiger partial charge < -0.3 is 14.4 Å². The number of hydrogen-bond donors (Lipinski definition) is 1. The molecular weight excluding hydrogens is 390 g/mol. The van der Waals surface area contributed by atoms with E-state index in [1.165, 1.54) is 5.56 Å². The van der Waals surface area contributed by atoms with Crippen molar-refractivity contribution in [3.8, 4) is 11.5 Å². The number of H-pyrrole nitrogens is 1. The zero-order valence-electron chi connectivity index (χ0n) is 18.5. The monoisotopic (exact) mass is 421 g/mol. The van der Waals surface area contributed by atoms with Gasteiger partial charge in [-0.3, -0.25) is 10.00 Å². The Balaban J connectivity index is 1.29. The molecule has 1 fully saturated rings. The number of benzene rings is 1. The molecule has 1 saturated heterocycles. The third-order valence-corrected chi connectivity index (χ3v) is 5.71. The summed E-state index contributed by atoms with van der Waals surface area (Å²) in [5, 5.41) is 7.78. The van der Waals surface area contributed by atoms with Crippen molar-refractivity contribution in [2.75, 3.05) is 45.8 Å². The lowest BCUT2D eigenvalue weighted by molar-refractivity contribution is 0.317. The molecule has 0 radical (unpaired) electrons. The molecule has 0 amide bonds. The van der Waals surface area contributed by atoms with E-state index in [1.807, 2.05) is 50.6 Å². The number of ether oxygens (including phenoxy) is 2. The van der Waals surface area contributed by atoms with E-state index >= 15 is 0 Å². The Bertz CT molecular complexity index is 987. The van der Waals surface area contributed by atoms with Gasteiger partial charge in [0, 0.05) is 63.0 Å². The van der Waals surface area contributed by atoms with Crippen LogP contribution in [0.2, 0.25) is 0 Å². The molecule has 3 aromatic rings. The van der Waals surface area contributed by atoms with Gasteiger partial charge in [0.1, 0.15) is 17.3 Å². The van der Waals surface area contributed by atoms with Crippen molar-refractivity contribution in [2.24, 2.45) is 0 Å². The molecule has 0 saturated carbocycles. The van der Waals surface area contributed by atoms with Crippen LogP contribution >= 0.6 is 0 Å². The fraction of sp³-hybridized carbons (Fsp3) is 0.417. The molecule has 0 unspecified atom stereocenters. The minimum absolute atomic E-state index is 0.462. The van der Waals surface area contributed by atoms with Crippen LogP contribution in [0.5, 0.6) is 11.5 Å². The van der Waals surface area contributed by atoms with Crippen molar-refractivity contribution in [2.45, 2.75) is 25.3 Å². The maximum Gasteiger partial charge on any atom is 0.132 e. The van der Waals surface area contributed by atoms with Crippen molar-refractivity contribution in [1.29, 1.82) is 0 Å². The van der Waals surface area contributed by atoms with E-state index in [0.717, 1.165) is 61.2 Å². The van der Waals surface area contributed by atoms with Gasteiger partial charge in [-0.25, -0.2) is 4.98 Å². The SMILES string of the molecule is COc1cccc(OCCc2cc([C@@H]3CCN(Cc4cccnc4N(C)C)C3)n[nH]2)c1. The van der Waals surface area contributed by atoms with E-state index in [-0.39, 0.29) is 0 Å². The number of aromatic nitrogens is 3. The van der Waals surface area contributed by atoms with Gasteiger partial charge in [-0.15, -0.1) is 0 Å². The maximum atomic E-state index is 5.86. The molecule has 1 N–H and O–H groups in total. The highest BCUT2D eigenvalue weighted by molar-refractivity contribution is 5.45. The molecule has 1 aromatic carbocycles. The summed E-state index contributed by atoms with van der Waals surface area (Å²) in [4.78, 5) is 9.10. The molecular formula is C24H31N5O2. The predicted octanol–water partition coefficient (Wildman–Crippen LogP) is 3.49. The van der Waals surface area contributed by atoms with Gasteiger partial charge in [-0.1, -0.05) is 12.1 Å². The van der Waals surface area contributed by atoms with Crippen LogP contribution in [0.1, 0.15) is 29.3 Å². The molecule has 164 valence electrons. The number of nitrogens with one attached hydrogen (secondary N) is 1. The summed E-state index contributed by atoms with van der Waals surface area (Å²) in [5.74, 6) is 3.13. The summed E-state index contributed by atoms with van der Waals surface area (Å²) in [6.45, 7) is 3.61. The zero-order chi connectivity index (χ0) is 21.6. The number of rotatable bonds is 9. The molecule has 31 heavy (non-hydrogen) atoms. The Labute approximate surface area is 184 Å². The number of likely N-dealkylation sites (tertiary alicyclic amines) is 1. The van der Waals surface area contributed by atoms with Crippen LogP contribution in [0.25, 0.3) is 0 Å². The fourth-order valence-corrected chi connectivity index (χ4v) is 4.10. The Morgan fingerprint density at radius 3 is 2.87 bits per heavy atom. The number of pyridine rings is 1. The van der Waals surface area contributed by atoms with Crippen LogP contribution in [-0.2, 0) is 13.0 Å². The van der Waals surface area contributed by atoms with Crippen LogP contribution in [-0.4, -0.2) is 61.0 Å². The maximum absolute atomic E-state index is 5.86. The summed E-state index contributed by atoms with van der Waals surface area (Å²) in [5.41, 5.74) is 3.53. The van der Waals surface area contributed by atoms with E-state index in [0.29, 0.717) is 12.5 Å². The van der Waals surface area contributed by atoms with Crippen molar-refractivity contribution in [1.82, 2.24) is 20.1 Å². The van der Waals surface area contributed by atoms with Crippen LogP contribution in [0.4, 0.5) is 5.82 Å². The standard InChI is InChI=1S/C24H31N5O2/c1-28(2)24-19(6-5-11-25-24)17-29-12-9-18(16-29)23-14-20(26-27-23)10-13-31-22-8-4-7-21(15-22)30-3/h4-8,11,14-15,18H,9-10,12-13,16-17H2,1-3H3,(H,26,27)/t18-/m1/s1. The number of nitrogens with zero attached hydrogens (tertiary/aromatic N) is 4.